The molecule has 0 fully saturated rings. The molecule has 1 atom stereocenters. The predicted molar refractivity (Wildman–Crippen MR) is 79.1 cm³/mol. The second-order valence-corrected chi connectivity index (χ2v) is 5.52. The Labute approximate surface area is 111 Å². The van der Waals surface area contributed by atoms with Gasteiger partial charge in [0.15, 0.2) is 0 Å². The Morgan fingerprint density at radius 1 is 1.28 bits per heavy atom. The van der Waals surface area contributed by atoms with Crippen molar-refractivity contribution in [2.75, 3.05) is 25.5 Å². The van der Waals surface area contributed by atoms with Crippen LogP contribution < -0.4 is 5.32 Å². The topological polar surface area (TPSA) is 15.3 Å². The van der Waals surface area contributed by atoms with Crippen LogP contribution in [0.15, 0.2) is 24.3 Å². The van der Waals surface area contributed by atoms with Crippen molar-refractivity contribution in [1.82, 2.24) is 4.90 Å². The summed E-state index contributed by atoms with van der Waals surface area (Å²) < 4.78 is 0. The monoisotopic (exact) mass is 246 g/mol. The van der Waals surface area contributed by atoms with Crippen LogP contribution in [0.1, 0.15) is 32.3 Å². The molecule has 1 aromatic rings. The number of nitrogens with zero attached hydrogens (tertiary/aromatic N) is 1. The summed E-state index contributed by atoms with van der Waals surface area (Å²) in [5.74, 6) is 0.741. The highest BCUT2D eigenvalue weighted by atomic mass is 15.1. The van der Waals surface area contributed by atoms with E-state index in [2.05, 4.69) is 55.4 Å². The van der Waals surface area contributed by atoms with Gasteiger partial charge in [-0.1, -0.05) is 32.0 Å². The largest absolute Gasteiger partial charge is 0.384 e. The molecule has 2 nitrogen and oxygen atoms in total. The van der Waals surface area contributed by atoms with E-state index in [0.717, 1.165) is 18.5 Å². The molecule has 0 aromatic heterocycles. The highest BCUT2D eigenvalue weighted by Gasteiger charge is 2.21. The van der Waals surface area contributed by atoms with Crippen LogP contribution in [0.2, 0.25) is 0 Å². The lowest BCUT2D eigenvalue weighted by atomic mass is 9.93. The van der Waals surface area contributed by atoms with Gasteiger partial charge >= 0.3 is 0 Å². The molecular formula is C16H26N2. The molecule has 1 heterocycles. The zero-order valence-corrected chi connectivity index (χ0v) is 11.9. The first-order chi connectivity index (χ1) is 8.74. The van der Waals surface area contributed by atoms with E-state index in [-0.39, 0.29) is 0 Å². The van der Waals surface area contributed by atoms with Crippen LogP contribution in [0.5, 0.6) is 0 Å². The quantitative estimate of drug-likeness (QED) is 0.856. The smallest absolute Gasteiger partial charge is 0.0372 e. The maximum absolute atomic E-state index is 3.57. The number of fused-ring (bicyclic) bond motifs is 1. The van der Waals surface area contributed by atoms with Gasteiger partial charge in [0, 0.05) is 24.8 Å². The van der Waals surface area contributed by atoms with Gasteiger partial charge in [-0.3, -0.25) is 0 Å². The van der Waals surface area contributed by atoms with Crippen molar-refractivity contribution in [3.8, 4) is 0 Å². The summed E-state index contributed by atoms with van der Waals surface area (Å²) in [7, 11) is 2.28. The summed E-state index contributed by atoms with van der Waals surface area (Å²) in [6, 6.07) is 9.44. The first kappa shape index (κ1) is 13.4. The molecule has 0 aliphatic carbocycles. The van der Waals surface area contributed by atoms with Crippen LogP contribution in [0, 0.1) is 5.92 Å². The Hall–Kier alpha value is -1.02. The maximum atomic E-state index is 3.57. The average molecular weight is 246 g/mol. The summed E-state index contributed by atoms with van der Waals surface area (Å²) >= 11 is 0. The molecule has 0 amide bonds. The van der Waals surface area contributed by atoms with Crippen LogP contribution in [0.4, 0.5) is 5.69 Å². The number of para-hydroxylation sites is 1. The SMILES string of the molecule is CCC(CC)N(C)CC1CNc2ccccc2C1. The molecule has 1 aliphatic heterocycles. The molecule has 2 rings (SSSR count). The Bertz CT molecular complexity index is 371. The first-order valence-electron chi connectivity index (χ1n) is 7.26. The van der Waals surface area contributed by atoms with Crippen LogP contribution in [-0.2, 0) is 6.42 Å². The fourth-order valence-corrected chi connectivity index (χ4v) is 3.11. The number of anilines is 1. The molecule has 0 saturated carbocycles. The highest BCUT2D eigenvalue weighted by molar-refractivity contribution is 5.53. The van der Waals surface area contributed by atoms with E-state index < -0.39 is 0 Å². The normalized spacial score (nSPS) is 18.8. The second-order valence-electron chi connectivity index (χ2n) is 5.52. The summed E-state index contributed by atoms with van der Waals surface area (Å²) in [5.41, 5.74) is 2.81. The van der Waals surface area contributed by atoms with Gasteiger partial charge in [0.25, 0.3) is 0 Å². The first-order valence-corrected chi connectivity index (χ1v) is 7.26. The minimum Gasteiger partial charge on any atom is -0.384 e. The van der Waals surface area contributed by atoms with E-state index in [1.165, 1.54) is 37.1 Å². The van der Waals surface area contributed by atoms with Crippen LogP contribution in [0.25, 0.3) is 0 Å². The number of rotatable bonds is 5. The van der Waals surface area contributed by atoms with Crippen molar-refractivity contribution in [2.45, 2.75) is 39.2 Å². The molecule has 0 radical (unpaired) electrons. The third kappa shape index (κ3) is 3.05. The van der Waals surface area contributed by atoms with Gasteiger partial charge in [0.2, 0.25) is 0 Å². The molecule has 0 bridgehead atoms. The van der Waals surface area contributed by atoms with Crippen LogP contribution in [0.3, 0.4) is 0 Å². The van der Waals surface area contributed by atoms with E-state index >= 15 is 0 Å². The molecule has 1 aliphatic rings. The van der Waals surface area contributed by atoms with Crippen molar-refractivity contribution >= 4 is 5.69 Å². The third-order valence-electron chi connectivity index (χ3n) is 4.22. The lowest BCUT2D eigenvalue weighted by Crippen LogP contribution is -2.38. The zero-order valence-electron chi connectivity index (χ0n) is 11.9. The molecule has 2 heteroatoms. The molecule has 18 heavy (non-hydrogen) atoms. The van der Waals surface area contributed by atoms with E-state index in [9.17, 15) is 0 Å². The molecule has 1 aromatic carbocycles. The second kappa shape index (κ2) is 6.24. The lowest BCUT2D eigenvalue weighted by molar-refractivity contribution is 0.197. The van der Waals surface area contributed by atoms with E-state index in [1.807, 2.05) is 0 Å². The molecule has 1 unspecified atom stereocenters. The Morgan fingerprint density at radius 3 is 2.72 bits per heavy atom. The van der Waals surface area contributed by atoms with Crippen molar-refractivity contribution in [3.05, 3.63) is 29.8 Å². The molecular weight excluding hydrogens is 220 g/mol. The summed E-state index contributed by atoms with van der Waals surface area (Å²) in [6.45, 7) is 6.90. The molecule has 100 valence electrons. The maximum Gasteiger partial charge on any atom is 0.0372 e. The average Bonchev–Trinajstić information content (AvgIpc) is 2.40. The van der Waals surface area contributed by atoms with Gasteiger partial charge in [-0.2, -0.15) is 0 Å². The van der Waals surface area contributed by atoms with E-state index in [1.54, 1.807) is 0 Å². The van der Waals surface area contributed by atoms with Gasteiger partial charge in [0.1, 0.15) is 0 Å². The number of nitrogens with one attached hydrogen (secondary N) is 1. The molecule has 1 N–H and O–H groups in total. The van der Waals surface area contributed by atoms with Crippen LogP contribution >= 0.6 is 0 Å². The van der Waals surface area contributed by atoms with Crippen molar-refractivity contribution in [2.24, 2.45) is 5.92 Å². The number of hydrogen-bond donors (Lipinski definition) is 1. The van der Waals surface area contributed by atoms with Gasteiger partial charge in [-0.15, -0.1) is 0 Å². The lowest BCUT2D eigenvalue weighted by Gasteiger charge is -2.33. The molecule has 0 spiro atoms. The number of hydrogen-bond acceptors (Lipinski definition) is 2. The minimum atomic E-state index is 0.738. The fraction of sp³-hybridized carbons (Fsp3) is 0.625. The van der Waals surface area contributed by atoms with Gasteiger partial charge in [0.05, 0.1) is 0 Å². The molecule has 0 saturated heterocycles. The van der Waals surface area contributed by atoms with E-state index in [0.29, 0.717) is 0 Å². The van der Waals surface area contributed by atoms with Gasteiger partial charge in [-0.25, -0.2) is 0 Å². The Balaban J connectivity index is 1.93. The van der Waals surface area contributed by atoms with Crippen molar-refractivity contribution < 1.29 is 0 Å². The summed E-state index contributed by atoms with van der Waals surface area (Å²) in [6.07, 6.45) is 3.72. The summed E-state index contributed by atoms with van der Waals surface area (Å²) in [5, 5.41) is 3.57. The van der Waals surface area contributed by atoms with E-state index in [4.69, 9.17) is 0 Å². The summed E-state index contributed by atoms with van der Waals surface area (Å²) in [4.78, 5) is 2.54. The zero-order chi connectivity index (χ0) is 13.0. The van der Waals surface area contributed by atoms with Gasteiger partial charge < -0.3 is 10.2 Å². The van der Waals surface area contributed by atoms with Crippen molar-refractivity contribution in [1.29, 1.82) is 0 Å². The minimum absolute atomic E-state index is 0.738. The van der Waals surface area contributed by atoms with Crippen molar-refractivity contribution in [3.63, 3.8) is 0 Å². The predicted octanol–water partition coefficient (Wildman–Crippen LogP) is 3.39. The van der Waals surface area contributed by atoms with Gasteiger partial charge in [-0.05, 0) is 43.9 Å². The standard InChI is InChI=1S/C16H26N2/c1-4-15(5-2)18(3)12-13-10-14-8-6-7-9-16(14)17-11-13/h6-9,13,15,17H,4-5,10-12H2,1-3H3. The number of benzene rings is 1. The van der Waals surface area contributed by atoms with Crippen LogP contribution in [-0.4, -0.2) is 31.1 Å². The Kier molecular flexibility index (Phi) is 4.65. The third-order valence-corrected chi connectivity index (χ3v) is 4.22. The highest BCUT2D eigenvalue weighted by Crippen LogP contribution is 2.25. The Morgan fingerprint density at radius 2 is 2.00 bits per heavy atom. The fourth-order valence-electron chi connectivity index (χ4n) is 3.11.